The number of esters is 1. The summed E-state index contributed by atoms with van der Waals surface area (Å²) >= 11 is 1.29. The van der Waals surface area contributed by atoms with Crippen molar-refractivity contribution >= 4 is 23.6 Å². The molecular formula is C14H19NO3S. The van der Waals surface area contributed by atoms with Crippen LogP contribution in [-0.4, -0.2) is 30.1 Å². The monoisotopic (exact) mass is 281 g/mol. The second kappa shape index (κ2) is 7.19. The fraction of sp³-hybridized carbons (Fsp3) is 0.429. The van der Waals surface area contributed by atoms with Gasteiger partial charge in [-0.25, -0.2) is 4.79 Å². The minimum atomic E-state index is -1.02. The summed E-state index contributed by atoms with van der Waals surface area (Å²) in [6.45, 7) is 1.40. The van der Waals surface area contributed by atoms with Crippen molar-refractivity contribution in [3.8, 4) is 0 Å². The second-order valence-corrected chi connectivity index (χ2v) is 5.29. The number of carbonyl (C=O) groups excluding carboxylic acids is 2. The number of amides is 1. The average molecular weight is 281 g/mol. The lowest BCUT2D eigenvalue weighted by Crippen LogP contribution is -2.52. The lowest BCUT2D eigenvalue weighted by Gasteiger charge is -2.29. The molecule has 0 radical (unpaired) electrons. The van der Waals surface area contributed by atoms with E-state index in [0.29, 0.717) is 12.8 Å². The number of aryl methyl sites for hydroxylation is 1. The highest BCUT2D eigenvalue weighted by Crippen LogP contribution is 2.27. The molecule has 0 saturated heterocycles. The molecule has 0 fully saturated rings. The molecule has 0 saturated carbocycles. The van der Waals surface area contributed by atoms with Gasteiger partial charge in [0.2, 0.25) is 5.91 Å². The van der Waals surface area contributed by atoms with Crippen LogP contribution in [0.5, 0.6) is 0 Å². The predicted octanol–water partition coefficient (Wildman–Crippen LogP) is 1.99. The third kappa shape index (κ3) is 4.28. The highest BCUT2D eigenvalue weighted by atomic mass is 32.2. The largest absolute Gasteiger partial charge is 0.467 e. The summed E-state index contributed by atoms with van der Waals surface area (Å²) in [6, 6.07) is 9.84. The van der Waals surface area contributed by atoms with Crippen LogP contribution < -0.4 is 5.32 Å². The Balaban J connectivity index is 2.84. The van der Waals surface area contributed by atoms with Gasteiger partial charge in [0.05, 0.1) is 7.11 Å². The summed E-state index contributed by atoms with van der Waals surface area (Å²) in [6.07, 6.45) is 2.97. The third-order valence-corrected chi connectivity index (χ3v) is 4.02. The lowest BCUT2D eigenvalue weighted by molar-refractivity contribution is -0.146. The smallest absolute Gasteiger partial charge is 0.342 e. The van der Waals surface area contributed by atoms with E-state index in [1.54, 1.807) is 6.26 Å². The van der Waals surface area contributed by atoms with Crippen molar-refractivity contribution < 1.29 is 14.3 Å². The van der Waals surface area contributed by atoms with Gasteiger partial charge < -0.3 is 10.1 Å². The SMILES string of the molecule is COC(=O)C(CCc1ccccc1)(NC(C)=O)SC. The van der Waals surface area contributed by atoms with Crippen molar-refractivity contribution in [2.24, 2.45) is 0 Å². The number of thioether (sulfide) groups is 1. The zero-order valence-corrected chi connectivity index (χ0v) is 12.3. The summed E-state index contributed by atoms with van der Waals surface area (Å²) in [7, 11) is 1.33. The van der Waals surface area contributed by atoms with Gasteiger partial charge in [0.15, 0.2) is 4.87 Å². The fourth-order valence-corrected chi connectivity index (χ4v) is 2.67. The Hall–Kier alpha value is -1.49. The molecule has 1 aromatic rings. The molecule has 1 unspecified atom stereocenters. The van der Waals surface area contributed by atoms with Crippen LogP contribution >= 0.6 is 11.8 Å². The molecule has 4 nitrogen and oxygen atoms in total. The number of nitrogens with one attached hydrogen (secondary N) is 1. The predicted molar refractivity (Wildman–Crippen MR) is 76.8 cm³/mol. The Morgan fingerprint density at radius 1 is 1.32 bits per heavy atom. The molecule has 1 aromatic carbocycles. The van der Waals surface area contributed by atoms with Crippen LogP contribution in [0.25, 0.3) is 0 Å². The topological polar surface area (TPSA) is 55.4 Å². The van der Waals surface area contributed by atoms with Gasteiger partial charge in [-0.05, 0) is 24.7 Å². The lowest BCUT2D eigenvalue weighted by atomic mass is 10.0. The molecule has 1 rings (SSSR count). The normalized spacial score (nSPS) is 13.4. The van der Waals surface area contributed by atoms with Gasteiger partial charge in [-0.3, -0.25) is 4.79 Å². The Bertz CT molecular complexity index is 436. The zero-order chi connectivity index (χ0) is 14.3. The zero-order valence-electron chi connectivity index (χ0n) is 11.4. The van der Waals surface area contributed by atoms with Crippen LogP contribution in [0.3, 0.4) is 0 Å². The summed E-state index contributed by atoms with van der Waals surface area (Å²) in [5.41, 5.74) is 1.12. The van der Waals surface area contributed by atoms with E-state index < -0.39 is 10.8 Å². The van der Waals surface area contributed by atoms with Crippen LogP contribution in [0, 0.1) is 0 Å². The minimum Gasteiger partial charge on any atom is -0.467 e. The van der Waals surface area contributed by atoms with E-state index in [1.165, 1.54) is 25.8 Å². The molecule has 0 bridgehead atoms. The van der Waals surface area contributed by atoms with E-state index in [-0.39, 0.29) is 5.91 Å². The number of benzene rings is 1. The maximum absolute atomic E-state index is 12.0. The van der Waals surface area contributed by atoms with Crippen molar-refractivity contribution in [1.82, 2.24) is 5.32 Å². The van der Waals surface area contributed by atoms with Gasteiger partial charge in [-0.2, -0.15) is 0 Å². The van der Waals surface area contributed by atoms with E-state index in [1.807, 2.05) is 30.3 Å². The number of hydrogen-bond acceptors (Lipinski definition) is 4. The molecule has 1 amide bonds. The van der Waals surface area contributed by atoms with Crippen LogP contribution in [0.4, 0.5) is 0 Å². The van der Waals surface area contributed by atoms with Crippen molar-refractivity contribution in [2.75, 3.05) is 13.4 Å². The molecule has 0 spiro atoms. The van der Waals surface area contributed by atoms with Crippen molar-refractivity contribution in [3.63, 3.8) is 0 Å². The highest BCUT2D eigenvalue weighted by molar-refractivity contribution is 8.00. The number of hydrogen-bond donors (Lipinski definition) is 1. The van der Waals surface area contributed by atoms with Crippen LogP contribution in [0.2, 0.25) is 0 Å². The number of ether oxygens (including phenoxy) is 1. The van der Waals surface area contributed by atoms with Gasteiger partial charge in [-0.1, -0.05) is 30.3 Å². The minimum absolute atomic E-state index is 0.243. The molecule has 0 aliphatic rings. The van der Waals surface area contributed by atoms with Crippen molar-refractivity contribution in [1.29, 1.82) is 0 Å². The Labute approximate surface area is 117 Å². The van der Waals surface area contributed by atoms with E-state index in [9.17, 15) is 9.59 Å². The standard InChI is InChI=1S/C14H19NO3S/c1-11(16)15-14(19-3,13(17)18-2)10-9-12-7-5-4-6-8-12/h4-8H,9-10H2,1-3H3,(H,15,16). The summed E-state index contributed by atoms with van der Waals surface area (Å²) in [5.74, 6) is -0.668. The number of methoxy groups -OCH3 is 1. The third-order valence-electron chi connectivity index (χ3n) is 2.85. The maximum atomic E-state index is 12.0. The van der Waals surface area contributed by atoms with Crippen LogP contribution in [0.1, 0.15) is 18.9 Å². The Morgan fingerprint density at radius 2 is 1.95 bits per heavy atom. The highest BCUT2D eigenvalue weighted by Gasteiger charge is 2.39. The Kier molecular flexibility index (Phi) is 5.89. The molecule has 0 aliphatic carbocycles. The van der Waals surface area contributed by atoms with E-state index in [2.05, 4.69) is 5.32 Å². The van der Waals surface area contributed by atoms with E-state index in [4.69, 9.17) is 4.74 Å². The molecule has 19 heavy (non-hydrogen) atoms. The van der Waals surface area contributed by atoms with Crippen LogP contribution in [-0.2, 0) is 20.7 Å². The first-order chi connectivity index (χ1) is 9.04. The van der Waals surface area contributed by atoms with Gasteiger partial charge in [0, 0.05) is 6.92 Å². The molecule has 0 aliphatic heterocycles. The summed E-state index contributed by atoms with van der Waals surface area (Å²) < 4.78 is 4.82. The van der Waals surface area contributed by atoms with Crippen LogP contribution in [0.15, 0.2) is 30.3 Å². The molecular weight excluding hydrogens is 262 g/mol. The first-order valence-electron chi connectivity index (χ1n) is 6.00. The maximum Gasteiger partial charge on any atom is 0.342 e. The van der Waals surface area contributed by atoms with Gasteiger partial charge >= 0.3 is 5.97 Å². The van der Waals surface area contributed by atoms with Gasteiger partial charge in [-0.15, -0.1) is 11.8 Å². The molecule has 1 atom stereocenters. The quantitative estimate of drug-likeness (QED) is 0.640. The molecule has 0 heterocycles. The van der Waals surface area contributed by atoms with Gasteiger partial charge in [0.25, 0.3) is 0 Å². The van der Waals surface area contributed by atoms with E-state index in [0.717, 1.165) is 5.56 Å². The Morgan fingerprint density at radius 3 is 2.42 bits per heavy atom. The molecule has 0 aromatic heterocycles. The fourth-order valence-electron chi connectivity index (χ4n) is 1.87. The number of rotatable bonds is 6. The van der Waals surface area contributed by atoms with Crippen molar-refractivity contribution in [2.45, 2.75) is 24.6 Å². The average Bonchev–Trinajstić information content (AvgIpc) is 2.43. The van der Waals surface area contributed by atoms with E-state index >= 15 is 0 Å². The first kappa shape index (κ1) is 15.6. The summed E-state index contributed by atoms with van der Waals surface area (Å²) in [5, 5.41) is 2.71. The molecule has 104 valence electrons. The molecule has 5 heteroatoms. The second-order valence-electron chi connectivity index (χ2n) is 4.19. The van der Waals surface area contributed by atoms with Gasteiger partial charge in [0.1, 0.15) is 0 Å². The number of carbonyl (C=O) groups is 2. The summed E-state index contributed by atoms with van der Waals surface area (Å²) in [4.78, 5) is 22.3. The molecule has 1 N–H and O–H groups in total. The van der Waals surface area contributed by atoms with Crippen molar-refractivity contribution in [3.05, 3.63) is 35.9 Å². The first-order valence-corrected chi connectivity index (χ1v) is 7.23.